The summed E-state index contributed by atoms with van der Waals surface area (Å²) in [6.45, 7) is 7.83. The van der Waals surface area contributed by atoms with Crippen LogP contribution in [-0.2, 0) is 18.9 Å². The molecule has 6 nitrogen and oxygen atoms in total. The highest BCUT2D eigenvalue weighted by Gasteiger charge is 2.74. The Morgan fingerprint density at radius 2 is 1.95 bits per heavy atom. The van der Waals surface area contributed by atoms with Gasteiger partial charge in [0, 0.05) is 55.5 Å². The molecule has 3 heterocycles. The largest absolute Gasteiger partial charge is 0.508 e. The van der Waals surface area contributed by atoms with Gasteiger partial charge in [0.05, 0.1) is 0 Å². The van der Waals surface area contributed by atoms with Gasteiger partial charge in [0.15, 0.2) is 0 Å². The van der Waals surface area contributed by atoms with Crippen molar-refractivity contribution >= 4 is 5.91 Å². The van der Waals surface area contributed by atoms with Crippen molar-refractivity contribution < 1.29 is 9.90 Å². The molecule has 5 fully saturated rings. The number of hydrogen-bond donors (Lipinski definition) is 1. The van der Waals surface area contributed by atoms with E-state index >= 15 is 0 Å². The van der Waals surface area contributed by atoms with E-state index in [0.717, 1.165) is 51.1 Å². The molecule has 7 rings (SSSR count). The average Bonchev–Trinajstić information content (AvgIpc) is 3.61. The first-order chi connectivity index (χ1) is 18.3. The minimum Gasteiger partial charge on any atom is -0.508 e. The summed E-state index contributed by atoms with van der Waals surface area (Å²) in [5.41, 5.74) is 3.22. The Morgan fingerprint density at radius 1 is 1.13 bits per heavy atom. The van der Waals surface area contributed by atoms with E-state index in [1.807, 2.05) is 6.07 Å². The zero-order chi connectivity index (χ0) is 26.4. The van der Waals surface area contributed by atoms with Crippen LogP contribution in [-0.4, -0.2) is 57.1 Å². The monoisotopic (exact) mass is 515 g/mol. The number of rotatable bonds is 5. The van der Waals surface area contributed by atoms with Crippen molar-refractivity contribution in [3.05, 3.63) is 63.6 Å². The summed E-state index contributed by atoms with van der Waals surface area (Å²) < 4.78 is 1.52. The summed E-state index contributed by atoms with van der Waals surface area (Å²) in [4.78, 5) is 31.2. The molecule has 2 bridgehead atoms. The molecule has 3 aliphatic carbocycles. The Hall–Kier alpha value is -2.60. The predicted octanol–water partition coefficient (Wildman–Crippen LogP) is 4.34. The second kappa shape index (κ2) is 8.45. The highest BCUT2D eigenvalue weighted by atomic mass is 16.3. The number of phenols is 1. The number of phenolic OH excluding ortho intramolecular Hbond substituents is 1. The average molecular weight is 516 g/mol. The number of hydrogen-bond acceptors (Lipinski definition) is 4. The first-order valence-corrected chi connectivity index (χ1v) is 14.8. The second-order valence-corrected chi connectivity index (χ2v) is 13.1. The van der Waals surface area contributed by atoms with Gasteiger partial charge in [0.2, 0.25) is 0 Å². The number of amides is 1. The van der Waals surface area contributed by atoms with Gasteiger partial charge in [-0.05, 0) is 111 Å². The van der Waals surface area contributed by atoms with Crippen molar-refractivity contribution in [2.75, 3.05) is 19.6 Å². The van der Waals surface area contributed by atoms with E-state index in [1.54, 1.807) is 19.3 Å². The molecule has 0 radical (unpaired) electrons. The van der Waals surface area contributed by atoms with Crippen LogP contribution in [0.4, 0.5) is 0 Å². The molecule has 0 spiro atoms. The van der Waals surface area contributed by atoms with Gasteiger partial charge in [0.1, 0.15) is 5.75 Å². The third kappa shape index (κ3) is 3.22. The number of pyridine rings is 1. The summed E-state index contributed by atoms with van der Waals surface area (Å²) >= 11 is 0. The molecule has 5 unspecified atom stereocenters. The number of likely N-dealkylation sites (tertiary alicyclic amines) is 2. The smallest absolute Gasteiger partial charge is 0.254 e. The van der Waals surface area contributed by atoms with Crippen molar-refractivity contribution in [2.24, 2.45) is 30.2 Å². The van der Waals surface area contributed by atoms with Crippen LogP contribution in [0.1, 0.15) is 73.9 Å². The van der Waals surface area contributed by atoms with E-state index in [4.69, 9.17) is 0 Å². The van der Waals surface area contributed by atoms with Gasteiger partial charge in [0.25, 0.3) is 11.5 Å². The molecular formula is C32H41N3O3. The first-order valence-electron chi connectivity index (χ1n) is 14.8. The third-order valence-corrected chi connectivity index (χ3v) is 11.6. The van der Waals surface area contributed by atoms with Gasteiger partial charge in [-0.1, -0.05) is 13.0 Å². The van der Waals surface area contributed by atoms with Crippen LogP contribution in [0.25, 0.3) is 0 Å². The van der Waals surface area contributed by atoms with Crippen molar-refractivity contribution in [1.82, 2.24) is 14.4 Å². The molecule has 1 aromatic heterocycles. The lowest BCUT2D eigenvalue weighted by molar-refractivity contribution is -0.0870. The van der Waals surface area contributed by atoms with Crippen LogP contribution >= 0.6 is 0 Å². The first kappa shape index (κ1) is 24.4. The number of aromatic nitrogens is 1. The number of carbonyl (C=O) groups excluding carboxylic acids is 1. The SMILES string of the molecule is CCc1ccc(O)cc1C12CCN(CC3CC3)C(C)C13CCC1C2[C@@H](CN1C(=O)c1ccn(C)c(=O)c1)C3. The Labute approximate surface area is 225 Å². The maximum Gasteiger partial charge on any atom is 0.254 e. The van der Waals surface area contributed by atoms with Crippen LogP contribution in [0.15, 0.2) is 41.3 Å². The van der Waals surface area contributed by atoms with E-state index in [2.05, 4.69) is 35.8 Å². The Balaban J connectivity index is 1.33. The summed E-state index contributed by atoms with van der Waals surface area (Å²) in [6.07, 6.45) is 9.81. The molecule has 3 saturated carbocycles. The summed E-state index contributed by atoms with van der Waals surface area (Å²) in [7, 11) is 1.72. The Kier molecular flexibility index (Phi) is 5.43. The molecule has 38 heavy (non-hydrogen) atoms. The van der Waals surface area contributed by atoms with E-state index < -0.39 is 0 Å². The van der Waals surface area contributed by atoms with Gasteiger partial charge in [-0.25, -0.2) is 0 Å². The molecule has 1 aromatic carbocycles. The van der Waals surface area contributed by atoms with Crippen molar-refractivity contribution in [3.8, 4) is 5.75 Å². The highest BCUT2D eigenvalue weighted by Crippen LogP contribution is 2.73. The minimum absolute atomic E-state index is 0.00981. The summed E-state index contributed by atoms with van der Waals surface area (Å²) in [5, 5.41) is 10.8. The lowest BCUT2D eigenvalue weighted by atomic mass is 9.46. The summed E-state index contributed by atoms with van der Waals surface area (Å²) in [6, 6.07) is 10.1. The van der Waals surface area contributed by atoms with Crippen LogP contribution in [0, 0.1) is 23.2 Å². The molecule has 6 heteroatoms. The molecule has 2 aromatic rings. The van der Waals surface area contributed by atoms with Gasteiger partial charge < -0.3 is 14.6 Å². The zero-order valence-corrected chi connectivity index (χ0v) is 23.0. The fraction of sp³-hybridized carbons (Fsp3) is 0.625. The normalized spacial score (nSPS) is 35.9. The van der Waals surface area contributed by atoms with E-state index in [1.165, 1.54) is 41.1 Å². The quantitative estimate of drug-likeness (QED) is 0.644. The topological polar surface area (TPSA) is 65.8 Å². The van der Waals surface area contributed by atoms with Crippen LogP contribution in [0.2, 0.25) is 0 Å². The lowest BCUT2D eigenvalue weighted by Crippen LogP contribution is -2.66. The van der Waals surface area contributed by atoms with Crippen molar-refractivity contribution in [1.29, 1.82) is 0 Å². The molecule has 202 valence electrons. The molecule has 6 atom stereocenters. The highest BCUT2D eigenvalue weighted by molar-refractivity contribution is 5.94. The Morgan fingerprint density at radius 3 is 2.68 bits per heavy atom. The Bertz CT molecular complexity index is 1350. The van der Waals surface area contributed by atoms with Crippen molar-refractivity contribution in [3.63, 3.8) is 0 Å². The third-order valence-electron chi connectivity index (χ3n) is 11.6. The van der Waals surface area contributed by atoms with Gasteiger partial charge in [-0.2, -0.15) is 0 Å². The molecule has 1 amide bonds. The number of benzene rings is 1. The second-order valence-electron chi connectivity index (χ2n) is 13.1. The summed E-state index contributed by atoms with van der Waals surface area (Å²) in [5.74, 6) is 2.09. The molecule has 2 saturated heterocycles. The fourth-order valence-corrected chi connectivity index (χ4v) is 9.84. The maximum absolute atomic E-state index is 13.9. The van der Waals surface area contributed by atoms with E-state index in [-0.39, 0.29) is 28.3 Å². The number of nitrogens with zero attached hydrogens (tertiary/aromatic N) is 3. The van der Waals surface area contributed by atoms with Crippen molar-refractivity contribution in [2.45, 2.75) is 76.3 Å². The molecule has 1 N–H and O–H groups in total. The maximum atomic E-state index is 13.9. The number of aryl methyl sites for hydroxylation is 2. The fourth-order valence-electron chi connectivity index (χ4n) is 9.84. The van der Waals surface area contributed by atoms with Gasteiger partial charge in [-0.3, -0.25) is 14.5 Å². The molecule has 5 aliphatic rings. The zero-order valence-electron chi connectivity index (χ0n) is 23.0. The number of piperidine rings is 1. The van der Waals surface area contributed by atoms with E-state index in [0.29, 0.717) is 29.2 Å². The van der Waals surface area contributed by atoms with Gasteiger partial charge >= 0.3 is 0 Å². The van der Waals surface area contributed by atoms with Crippen LogP contribution in [0.5, 0.6) is 5.75 Å². The minimum atomic E-state index is -0.140. The molecular weight excluding hydrogens is 474 g/mol. The number of carbonyl (C=O) groups is 1. The molecule has 2 aliphatic heterocycles. The standard InChI is InChI=1S/C32H41N3O3/c1-4-22-7-8-25(36)16-26(22)32-12-14-34(18-21-5-6-21)20(2)31(32)11-9-27-29(32)24(17-31)19-35(27)30(38)23-10-13-33(3)28(37)15-23/h7-8,10,13,15-16,20-21,24,27,29,36H,4-6,9,11-12,14,17-19H2,1-3H3/t20?,24-,27?,29?,31?,32?/m1/s1. The van der Waals surface area contributed by atoms with E-state index in [9.17, 15) is 14.7 Å². The van der Waals surface area contributed by atoms with Crippen LogP contribution in [0.3, 0.4) is 0 Å². The predicted molar refractivity (Wildman–Crippen MR) is 147 cm³/mol. The number of aromatic hydroxyl groups is 1. The van der Waals surface area contributed by atoms with Gasteiger partial charge in [-0.15, -0.1) is 0 Å². The van der Waals surface area contributed by atoms with Crippen LogP contribution < -0.4 is 5.56 Å². The lowest BCUT2D eigenvalue weighted by Gasteiger charge is -2.63.